The number of amides is 1. The lowest BCUT2D eigenvalue weighted by Gasteiger charge is -2.13. The second-order valence-corrected chi connectivity index (χ2v) is 4.56. The molecule has 0 unspecified atom stereocenters. The van der Waals surface area contributed by atoms with Crippen molar-refractivity contribution in [2.45, 2.75) is 13.3 Å². The minimum absolute atomic E-state index is 0.233. The Morgan fingerprint density at radius 2 is 1.81 bits per heavy atom. The number of anilines is 1. The van der Waals surface area contributed by atoms with E-state index in [0.717, 1.165) is 12.0 Å². The number of methoxy groups -OCH3 is 1. The number of ether oxygens (including phenoxy) is 2. The van der Waals surface area contributed by atoms with Crippen molar-refractivity contribution < 1.29 is 14.3 Å². The van der Waals surface area contributed by atoms with Crippen LogP contribution in [0.5, 0.6) is 17.2 Å². The standard InChI is InChI=1S/C16H18N2O3/c1-3-10-4-6-14(15(8-10)20-2)21-13-7-5-11(17)9-12(13)16(18)19/h4-9H,3,17H2,1-2H3,(H2,18,19). The number of carbonyl (C=O) groups excluding carboxylic acids is 1. The summed E-state index contributed by atoms with van der Waals surface area (Å²) in [4.78, 5) is 11.5. The summed E-state index contributed by atoms with van der Waals surface area (Å²) in [6.45, 7) is 2.06. The molecule has 2 aromatic carbocycles. The molecule has 1 amide bonds. The Morgan fingerprint density at radius 3 is 2.43 bits per heavy atom. The first-order valence-corrected chi connectivity index (χ1v) is 6.59. The van der Waals surface area contributed by atoms with Gasteiger partial charge in [-0.1, -0.05) is 13.0 Å². The molecule has 0 atom stereocenters. The SMILES string of the molecule is CCc1ccc(Oc2ccc(N)cc2C(N)=O)c(OC)c1. The highest BCUT2D eigenvalue weighted by molar-refractivity contribution is 5.96. The first-order chi connectivity index (χ1) is 10.0. The zero-order chi connectivity index (χ0) is 15.4. The van der Waals surface area contributed by atoms with E-state index in [2.05, 4.69) is 6.92 Å². The number of hydrogen-bond acceptors (Lipinski definition) is 4. The quantitative estimate of drug-likeness (QED) is 0.827. The second kappa shape index (κ2) is 6.17. The van der Waals surface area contributed by atoms with Gasteiger partial charge in [-0.3, -0.25) is 4.79 Å². The first-order valence-electron chi connectivity index (χ1n) is 6.59. The fourth-order valence-electron chi connectivity index (χ4n) is 1.96. The van der Waals surface area contributed by atoms with E-state index in [1.807, 2.05) is 12.1 Å². The molecule has 0 aliphatic heterocycles. The van der Waals surface area contributed by atoms with Crippen molar-refractivity contribution in [3.8, 4) is 17.2 Å². The first kappa shape index (κ1) is 14.7. The Labute approximate surface area is 123 Å². The van der Waals surface area contributed by atoms with Gasteiger partial charge in [0.1, 0.15) is 5.75 Å². The predicted molar refractivity (Wildman–Crippen MR) is 81.8 cm³/mol. The molecule has 0 radical (unpaired) electrons. The molecule has 2 aromatic rings. The van der Waals surface area contributed by atoms with E-state index in [0.29, 0.717) is 22.9 Å². The van der Waals surface area contributed by atoms with Crippen LogP contribution in [-0.2, 0) is 6.42 Å². The van der Waals surface area contributed by atoms with Crippen molar-refractivity contribution in [3.05, 3.63) is 47.5 Å². The molecule has 0 heterocycles. The monoisotopic (exact) mass is 286 g/mol. The zero-order valence-electron chi connectivity index (χ0n) is 12.1. The van der Waals surface area contributed by atoms with Crippen LogP contribution in [0.1, 0.15) is 22.8 Å². The highest BCUT2D eigenvalue weighted by atomic mass is 16.5. The average molecular weight is 286 g/mol. The minimum Gasteiger partial charge on any atom is -0.493 e. The van der Waals surface area contributed by atoms with Crippen LogP contribution >= 0.6 is 0 Å². The molecular weight excluding hydrogens is 268 g/mol. The summed E-state index contributed by atoms with van der Waals surface area (Å²) in [5, 5.41) is 0. The summed E-state index contributed by atoms with van der Waals surface area (Å²) in [5.74, 6) is 0.865. The summed E-state index contributed by atoms with van der Waals surface area (Å²) < 4.78 is 11.1. The normalized spacial score (nSPS) is 10.2. The maximum absolute atomic E-state index is 11.5. The summed E-state index contributed by atoms with van der Waals surface area (Å²) in [6, 6.07) is 10.4. The molecule has 0 aliphatic carbocycles. The smallest absolute Gasteiger partial charge is 0.252 e. The van der Waals surface area contributed by atoms with Crippen molar-refractivity contribution in [2.75, 3.05) is 12.8 Å². The molecular formula is C16H18N2O3. The number of carbonyl (C=O) groups is 1. The molecule has 4 N–H and O–H groups in total. The fraction of sp³-hybridized carbons (Fsp3) is 0.188. The molecule has 2 rings (SSSR count). The van der Waals surface area contributed by atoms with Gasteiger partial charge in [0, 0.05) is 5.69 Å². The molecule has 21 heavy (non-hydrogen) atoms. The van der Waals surface area contributed by atoms with Gasteiger partial charge in [-0.25, -0.2) is 0 Å². The van der Waals surface area contributed by atoms with Crippen molar-refractivity contribution in [3.63, 3.8) is 0 Å². The van der Waals surface area contributed by atoms with E-state index in [9.17, 15) is 4.79 Å². The number of aryl methyl sites for hydroxylation is 1. The molecule has 0 saturated carbocycles. The van der Waals surface area contributed by atoms with Gasteiger partial charge in [-0.2, -0.15) is 0 Å². The van der Waals surface area contributed by atoms with Crippen LogP contribution in [0.4, 0.5) is 5.69 Å². The number of rotatable bonds is 5. The van der Waals surface area contributed by atoms with Gasteiger partial charge in [-0.05, 0) is 42.3 Å². The lowest BCUT2D eigenvalue weighted by Crippen LogP contribution is -2.12. The third kappa shape index (κ3) is 3.25. The highest BCUT2D eigenvalue weighted by Gasteiger charge is 2.13. The van der Waals surface area contributed by atoms with Crippen LogP contribution in [0.25, 0.3) is 0 Å². The Balaban J connectivity index is 2.40. The van der Waals surface area contributed by atoms with Gasteiger partial charge < -0.3 is 20.9 Å². The maximum atomic E-state index is 11.5. The third-order valence-electron chi connectivity index (χ3n) is 3.13. The van der Waals surface area contributed by atoms with Crippen LogP contribution in [0.3, 0.4) is 0 Å². The maximum Gasteiger partial charge on any atom is 0.252 e. The molecule has 5 nitrogen and oxygen atoms in total. The Kier molecular flexibility index (Phi) is 4.33. The van der Waals surface area contributed by atoms with Crippen LogP contribution < -0.4 is 20.9 Å². The number of benzene rings is 2. The van der Waals surface area contributed by atoms with Gasteiger partial charge in [-0.15, -0.1) is 0 Å². The molecule has 0 fully saturated rings. The van der Waals surface area contributed by atoms with E-state index < -0.39 is 5.91 Å². The van der Waals surface area contributed by atoms with Crippen LogP contribution in [0.2, 0.25) is 0 Å². The number of hydrogen-bond donors (Lipinski definition) is 2. The van der Waals surface area contributed by atoms with E-state index >= 15 is 0 Å². The van der Waals surface area contributed by atoms with Crippen molar-refractivity contribution >= 4 is 11.6 Å². The van der Waals surface area contributed by atoms with Crippen LogP contribution in [0, 0.1) is 0 Å². The average Bonchev–Trinajstić information content (AvgIpc) is 2.49. The lowest BCUT2D eigenvalue weighted by molar-refractivity contribution is 0.0998. The van der Waals surface area contributed by atoms with Crippen LogP contribution in [0.15, 0.2) is 36.4 Å². The summed E-state index contributed by atoms with van der Waals surface area (Å²) in [5.41, 5.74) is 12.8. The Hall–Kier alpha value is -2.69. The molecule has 0 spiro atoms. The van der Waals surface area contributed by atoms with Gasteiger partial charge in [0.05, 0.1) is 12.7 Å². The number of nitrogen functional groups attached to an aromatic ring is 1. The van der Waals surface area contributed by atoms with Crippen LogP contribution in [-0.4, -0.2) is 13.0 Å². The molecule has 0 saturated heterocycles. The van der Waals surface area contributed by atoms with Crippen molar-refractivity contribution in [1.29, 1.82) is 0 Å². The zero-order valence-corrected chi connectivity index (χ0v) is 12.1. The fourth-order valence-corrected chi connectivity index (χ4v) is 1.96. The Morgan fingerprint density at radius 1 is 1.10 bits per heavy atom. The molecule has 0 aliphatic rings. The lowest BCUT2D eigenvalue weighted by atomic mass is 10.1. The third-order valence-corrected chi connectivity index (χ3v) is 3.13. The van der Waals surface area contributed by atoms with Crippen molar-refractivity contribution in [2.24, 2.45) is 5.73 Å². The largest absolute Gasteiger partial charge is 0.493 e. The van der Waals surface area contributed by atoms with Crippen molar-refractivity contribution in [1.82, 2.24) is 0 Å². The summed E-state index contributed by atoms with van der Waals surface area (Å²) >= 11 is 0. The topological polar surface area (TPSA) is 87.6 Å². The Bertz CT molecular complexity index is 669. The van der Waals surface area contributed by atoms with Gasteiger partial charge >= 0.3 is 0 Å². The molecule has 0 aromatic heterocycles. The van der Waals surface area contributed by atoms with E-state index in [-0.39, 0.29) is 5.56 Å². The number of primary amides is 1. The molecule has 5 heteroatoms. The van der Waals surface area contributed by atoms with Gasteiger partial charge in [0.25, 0.3) is 5.91 Å². The number of nitrogens with two attached hydrogens (primary N) is 2. The van der Waals surface area contributed by atoms with E-state index in [4.69, 9.17) is 20.9 Å². The molecule has 0 bridgehead atoms. The predicted octanol–water partition coefficient (Wildman–Crippen LogP) is 2.73. The van der Waals surface area contributed by atoms with E-state index in [1.165, 1.54) is 6.07 Å². The molecule has 110 valence electrons. The minimum atomic E-state index is -0.596. The van der Waals surface area contributed by atoms with Gasteiger partial charge in [0.2, 0.25) is 0 Å². The van der Waals surface area contributed by atoms with Gasteiger partial charge in [0.15, 0.2) is 11.5 Å². The summed E-state index contributed by atoms with van der Waals surface area (Å²) in [6.07, 6.45) is 0.894. The van der Waals surface area contributed by atoms with E-state index in [1.54, 1.807) is 25.3 Å². The second-order valence-electron chi connectivity index (χ2n) is 4.56. The summed E-state index contributed by atoms with van der Waals surface area (Å²) in [7, 11) is 1.57. The highest BCUT2D eigenvalue weighted by Crippen LogP contribution is 2.34.